The van der Waals surface area contributed by atoms with E-state index < -0.39 is 10.0 Å². The van der Waals surface area contributed by atoms with Crippen molar-refractivity contribution in [2.75, 3.05) is 20.8 Å². The van der Waals surface area contributed by atoms with Crippen LogP contribution >= 0.6 is 11.6 Å². The van der Waals surface area contributed by atoms with Gasteiger partial charge in [0.05, 0.1) is 30.3 Å². The molecule has 4 aromatic rings. The maximum atomic E-state index is 12.4. The first kappa shape index (κ1) is 23.2. The molecule has 0 fully saturated rings. The molecule has 174 valence electrons. The average Bonchev–Trinajstić information content (AvgIpc) is 3.23. The molecule has 0 spiro atoms. The van der Waals surface area contributed by atoms with E-state index in [-0.39, 0.29) is 56.7 Å². The van der Waals surface area contributed by atoms with Crippen LogP contribution < -0.4 is 19.3 Å². The second-order valence-electron chi connectivity index (χ2n) is 6.62. The number of fused-ring (bicyclic) bond motifs is 1. The van der Waals surface area contributed by atoms with Crippen LogP contribution in [0.3, 0.4) is 0 Å². The number of sulfonamides is 1. The molecule has 0 radical (unpaired) electrons. The standard InChI is InChI=1S/C20H16ClN7O5S/c1-31-18-16(33-9-6-22)19(32-2)27-20(26-18)28-10-13(34(23,29)30)11-4-5-12(21)14(15(11)28)17-24-7-3-8-25-17/h3-5,7-8,10H,9H2,1-2H3,(H2,23,29,30). The number of primary sulfonamides is 1. The van der Waals surface area contributed by atoms with Gasteiger partial charge in [-0.2, -0.15) is 15.2 Å². The van der Waals surface area contributed by atoms with Gasteiger partial charge in [0.1, 0.15) is 11.0 Å². The van der Waals surface area contributed by atoms with Crippen LogP contribution in [0.25, 0.3) is 28.2 Å². The topological polar surface area (TPSA) is 168 Å². The highest BCUT2D eigenvalue weighted by atomic mass is 35.5. The monoisotopic (exact) mass is 501 g/mol. The summed E-state index contributed by atoms with van der Waals surface area (Å²) in [4.78, 5) is 17.0. The predicted molar refractivity (Wildman–Crippen MR) is 120 cm³/mol. The van der Waals surface area contributed by atoms with Crippen LogP contribution in [0.5, 0.6) is 17.5 Å². The Kier molecular flexibility index (Phi) is 6.20. The number of aromatic nitrogens is 5. The number of benzene rings is 1. The summed E-state index contributed by atoms with van der Waals surface area (Å²) in [6, 6.07) is 6.50. The van der Waals surface area contributed by atoms with Crippen LogP contribution in [0, 0.1) is 11.3 Å². The largest absolute Gasteiger partial charge is 0.478 e. The van der Waals surface area contributed by atoms with Gasteiger partial charge in [-0.3, -0.25) is 4.57 Å². The lowest BCUT2D eigenvalue weighted by molar-refractivity contribution is 0.288. The summed E-state index contributed by atoms with van der Waals surface area (Å²) in [7, 11) is -1.48. The molecule has 0 saturated carbocycles. The molecule has 0 aliphatic heterocycles. The third-order valence-electron chi connectivity index (χ3n) is 4.65. The fourth-order valence-corrected chi connectivity index (χ4v) is 4.26. The second kappa shape index (κ2) is 9.10. The van der Waals surface area contributed by atoms with Gasteiger partial charge in [-0.1, -0.05) is 11.6 Å². The number of ether oxygens (including phenoxy) is 3. The Hall–Kier alpha value is -3.99. The highest BCUT2D eigenvalue weighted by Crippen LogP contribution is 2.40. The van der Waals surface area contributed by atoms with E-state index in [1.165, 1.54) is 49.5 Å². The zero-order valence-corrected chi connectivity index (χ0v) is 19.3. The normalized spacial score (nSPS) is 11.3. The Morgan fingerprint density at radius 3 is 2.35 bits per heavy atom. The van der Waals surface area contributed by atoms with Crippen LogP contribution in [0.15, 0.2) is 41.7 Å². The molecule has 0 amide bonds. The second-order valence-corrected chi connectivity index (χ2v) is 8.55. The van der Waals surface area contributed by atoms with E-state index in [9.17, 15) is 8.42 Å². The van der Waals surface area contributed by atoms with Gasteiger partial charge in [-0.25, -0.2) is 23.5 Å². The van der Waals surface area contributed by atoms with E-state index in [2.05, 4.69) is 19.9 Å². The van der Waals surface area contributed by atoms with Gasteiger partial charge in [0, 0.05) is 24.0 Å². The smallest absolute Gasteiger partial charge is 0.266 e. The molecule has 2 N–H and O–H groups in total. The lowest BCUT2D eigenvalue weighted by Crippen LogP contribution is -2.11. The number of halogens is 1. The minimum absolute atomic E-state index is 0.00285. The highest BCUT2D eigenvalue weighted by Gasteiger charge is 2.26. The van der Waals surface area contributed by atoms with Gasteiger partial charge in [0.2, 0.25) is 21.7 Å². The SMILES string of the molecule is COc1nc(-n2cc(S(N)(=O)=O)c3ccc(Cl)c(-c4ncccn4)c32)nc(OC)c1OCC#N. The van der Waals surface area contributed by atoms with Crippen molar-refractivity contribution in [2.45, 2.75) is 4.90 Å². The summed E-state index contributed by atoms with van der Waals surface area (Å²) in [5, 5.41) is 14.8. The summed E-state index contributed by atoms with van der Waals surface area (Å²) in [5.74, 6) is 0.109. The first-order valence-electron chi connectivity index (χ1n) is 9.44. The molecular weight excluding hydrogens is 486 g/mol. The van der Waals surface area contributed by atoms with E-state index in [1.54, 1.807) is 6.07 Å². The minimum atomic E-state index is -4.16. The molecule has 12 nitrogen and oxygen atoms in total. The van der Waals surface area contributed by atoms with Crippen LogP contribution in [0.2, 0.25) is 5.02 Å². The van der Waals surface area contributed by atoms with Gasteiger partial charge in [-0.05, 0) is 18.2 Å². The lowest BCUT2D eigenvalue weighted by atomic mass is 10.1. The molecule has 0 unspecified atom stereocenters. The zero-order valence-electron chi connectivity index (χ0n) is 17.8. The molecule has 0 saturated heterocycles. The summed E-state index contributed by atoms with van der Waals surface area (Å²) in [5.41, 5.74) is 0.624. The molecule has 1 aromatic carbocycles. The summed E-state index contributed by atoms with van der Waals surface area (Å²) < 4.78 is 42.1. The van der Waals surface area contributed by atoms with Gasteiger partial charge in [-0.15, -0.1) is 0 Å². The van der Waals surface area contributed by atoms with Gasteiger partial charge in [0.25, 0.3) is 11.8 Å². The van der Waals surface area contributed by atoms with Crippen molar-refractivity contribution in [3.63, 3.8) is 0 Å². The molecule has 0 atom stereocenters. The van der Waals surface area contributed by atoms with E-state index in [0.29, 0.717) is 5.56 Å². The Morgan fingerprint density at radius 2 is 1.79 bits per heavy atom. The van der Waals surface area contributed by atoms with Gasteiger partial charge >= 0.3 is 0 Å². The molecule has 0 aliphatic rings. The molecular formula is C20H16ClN7O5S. The number of nitriles is 1. The summed E-state index contributed by atoms with van der Waals surface area (Å²) >= 11 is 6.51. The van der Waals surface area contributed by atoms with Crippen LogP contribution in [-0.4, -0.2) is 53.7 Å². The van der Waals surface area contributed by atoms with Crippen molar-refractivity contribution in [1.82, 2.24) is 24.5 Å². The Labute approximate surface area is 198 Å². The van der Waals surface area contributed by atoms with Crippen molar-refractivity contribution in [2.24, 2.45) is 5.14 Å². The lowest BCUT2D eigenvalue weighted by Gasteiger charge is -2.14. The quantitative estimate of drug-likeness (QED) is 0.395. The maximum Gasteiger partial charge on any atom is 0.266 e. The molecule has 3 aromatic heterocycles. The fourth-order valence-electron chi connectivity index (χ4n) is 3.30. The van der Waals surface area contributed by atoms with E-state index in [4.69, 9.17) is 36.2 Å². The Morgan fingerprint density at radius 1 is 1.15 bits per heavy atom. The first-order chi connectivity index (χ1) is 16.3. The molecule has 0 bridgehead atoms. The van der Waals surface area contributed by atoms with Crippen molar-refractivity contribution in [3.05, 3.63) is 41.8 Å². The third-order valence-corrected chi connectivity index (χ3v) is 5.90. The summed E-state index contributed by atoms with van der Waals surface area (Å²) in [6.45, 7) is -0.303. The average molecular weight is 502 g/mol. The maximum absolute atomic E-state index is 12.4. The molecule has 0 aliphatic carbocycles. The van der Waals surface area contributed by atoms with E-state index >= 15 is 0 Å². The Bertz CT molecular complexity index is 1510. The number of hydrogen-bond donors (Lipinski definition) is 1. The first-order valence-corrected chi connectivity index (χ1v) is 11.4. The fraction of sp³-hybridized carbons (Fsp3) is 0.150. The Balaban J connectivity index is 2.11. The molecule has 3 heterocycles. The van der Waals surface area contributed by atoms with Crippen molar-refractivity contribution in [1.29, 1.82) is 5.26 Å². The number of nitrogens with zero attached hydrogens (tertiary/aromatic N) is 6. The van der Waals surface area contributed by atoms with E-state index in [0.717, 1.165) is 0 Å². The number of nitrogens with two attached hydrogens (primary N) is 1. The van der Waals surface area contributed by atoms with Crippen molar-refractivity contribution < 1.29 is 22.6 Å². The number of rotatable bonds is 7. The van der Waals surface area contributed by atoms with Crippen molar-refractivity contribution in [3.8, 4) is 40.9 Å². The van der Waals surface area contributed by atoms with Gasteiger partial charge in [0.15, 0.2) is 12.4 Å². The third kappa shape index (κ3) is 4.05. The van der Waals surface area contributed by atoms with E-state index in [1.807, 2.05) is 6.07 Å². The van der Waals surface area contributed by atoms with Crippen LogP contribution in [0.4, 0.5) is 0 Å². The minimum Gasteiger partial charge on any atom is -0.478 e. The molecule has 14 heteroatoms. The number of methoxy groups -OCH3 is 2. The number of hydrogen-bond acceptors (Lipinski definition) is 10. The highest BCUT2D eigenvalue weighted by molar-refractivity contribution is 7.89. The molecule has 4 rings (SSSR count). The van der Waals surface area contributed by atoms with Crippen LogP contribution in [0.1, 0.15) is 0 Å². The zero-order chi connectivity index (χ0) is 24.5. The summed E-state index contributed by atoms with van der Waals surface area (Å²) in [6.07, 6.45) is 4.30. The van der Waals surface area contributed by atoms with Crippen LogP contribution in [-0.2, 0) is 10.0 Å². The predicted octanol–water partition coefficient (Wildman–Crippen LogP) is 2.10. The molecule has 34 heavy (non-hydrogen) atoms. The van der Waals surface area contributed by atoms with Gasteiger partial charge < -0.3 is 14.2 Å². The van der Waals surface area contributed by atoms with Crippen molar-refractivity contribution >= 4 is 32.5 Å².